The van der Waals surface area contributed by atoms with E-state index in [1.807, 2.05) is 19.1 Å². The van der Waals surface area contributed by atoms with Gasteiger partial charge in [0.15, 0.2) is 5.96 Å². The highest BCUT2D eigenvalue weighted by atomic mass is 32.1. The summed E-state index contributed by atoms with van der Waals surface area (Å²) in [6.07, 6.45) is 2.61. The molecule has 2 aromatic heterocycles. The third kappa shape index (κ3) is 7.00. The topological polar surface area (TPSA) is 65.7 Å². The molecule has 7 heteroatoms. The van der Waals surface area contributed by atoms with Gasteiger partial charge in [-0.25, -0.2) is 9.98 Å². The third-order valence-electron chi connectivity index (χ3n) is 4.66. The van der Waals surface area contributed by atoms with E-state index in [1.165, 1.54) is 11.1 Å². The maximum atomic E-state index is 5.46. The van der Waals surface area contributed by atoms with Crippen LogP contribution >= 0.6 is 11.3 Å². The number of aryl methyl sites for hydroxylation is 1. The number of nitrogens with one attached hydrogen (secondary N) is 2. The van der Waals surface area contributed by atoms with Crippen LogP contribution in [0.3, 0.4) is 0 Å². The number of thiazole rings is 1. The largest absolute Gasteiger partial charge is 0.468 e. The minimum Gasteiger partial charge on any atom is -0.468 e. The van der Waals surface area contributed by atoms with E-state index in [9.17, 15) is 0 Å². The molecule has 0 fully saturated rings. The molecule has 0 spiro atoms. The highest BCUT2D eigenvalue weighted by molar-refractivity contribution is 7.09. The second-order valence-electron chi connectivity index (χ2n) is 7.25. The summed E-state index contributed by atoms with van der Waals surface area (Å²) in [5.74, 6) is 1.81. The molecule has 2 heterocycles. The van der Waals surface area contributed by atoms with E-state index in [0.29, 0.717) is 6.54 Å². The Kier molecular flexibility index (Phi) is 8.47. The number of furan rings is 1. The Morgan fingerprint density at radius 1 is 1.13 bits per heavy atom. The maximum Gasteiger partial charge on any atom is 0.191 e. The van der Waals surface area contributed by atoms with Gasteiger partial charge in [0.2, 0.25) is 0 Å². The van der Waals surface area contributed by atoms with Crippen molar-refractivity contribution in [1.82, 2.24) is 20.5 Å². The fourth-order valence-corrected chi connectivity index (χ4v) is 3.87. The van der Waals surface area contributed by atoms with Gasteiger partial charge in [0.05, 0.1) is 30.1 Å². The van der Waals surface area contributed by atoms with Crippen molar-refractivity contribution in [1.29, 1.82) is 0 Å². The lowest BCUT2D eigenvalue weighted by molar-refractivity contribution is 0.287. The van der Waals surface area contributed by atoms with E-state index in [1.54, 1.807) is 17.6 Å². The fraction of sp³-hybridized carbons (Fsp3) is 0.391. The van der Waals surface area contributed by atoms with Gasteiger partial charge in [-0.2, -0.15) is 0 Å². The van der Waals surface area contributed by atoms with Gasteiger partial charge in [-0.3, -0.25) is 4.90 Å². The van der Waals surface area contributed by atoms with Gasteiger partial charge in [0.1, 0.15) is 5.76 Å². The molecule has 0 saturated carbocycles. The summed E-state index contributed by atoms with van der Waals surface area (Å²) in [4.78, 5) is 11.6. The predicted octanol–water partition coefficient (Wildman–Crippen LogP) is 3.97. The number of hydrogen-bond acceptors (Lipinski definition) is 5. The quantitative estimate of drug-likeness (QED) is 0.380. The first-order valence-corrected chi connectivity index (χ1v) is 11.2. The molecular formula is C23H31N5OS. The van der Waals surface area contributed by atoms with Crippen molar-refractivity contribution in [3.05, 3.63) is 75.6 Å². The molecule has 0 amide bonds. The van der Waals surface area contributed by atoms with Crippen LogP contribution in [-0.2, 0) is 26.1 Å². The maximum absolute atomic E-state index is 5.46. The molecule has 0 aliphatic heterocycles. The van der Waals surface area contributed by atoms with Crippen LogP contribution in [0, 0.1) is 6.92 Å². The summed E-state index contributed by atoms with van der Waals surface area (Å²) in [5, 5.41) is 9.98. The van der Waals surface area contributed by atoms with E-state index < -0.39 is 0 Å². The van der Waals surface area contributed by atoms with Gasteiger partial charge in [-0.05, 0) is 44.2 Å². The molecule has 0 atom stereocenters. The van der Waals surface area contributed by atoms with Crippen LogP contribution in [-0.4, -0.2) is 36.0 Å². The summed E-state index contributed by atoms with van der Waals surface area (Å²) in [7, 11) is 2.11. The molecule has 6 nitrogen and oxygen atoms in total. The Labute approximate surface area is 183 Å². The van der Waals surface area contributed by atoms with E-state index >= 15 is 0 Å². The van der Waals surface area contributed by atoms with Crippen LogP contribution in [0.5, 0.6) is 0 Å². The average molecular weight is 426 g/mol. The molecule has 2 N–H and O–H groups in total. The standard InChI is InChI=1S/C23H31N5OS/c1-4-24-23(25-12-11-21-17-30-18(2)27-21)26-14-19-8-5-6-9-20(19)15-28(3)16-22-10-7-13-29-22/h5-10,13,17H,4,11-12,14-16H2,1-3H3,(H2,24,25,26). The molecule has 0 radical (unpaired) electrons. The van der Waals surface area contributed by atoms with Crippen LogP contribution in [0.2, 0.25) is 0 Å². The minimum atomic E-state index is 0.635. The summed E-state index contributed by atoms with van der Waals surface area (Å²) >= 11 is 1.69. The van der Waals surface area contributed by atoms with Crippen molar-refractivity contribution in [3.8, 4) is 0 Å². The smallest absolute Gasteiger partial charge is 0.191 e. The highest BCUT2D eigenvalue weighted by Gasteiger charge is 2.08. The molecular weight excluding hydrogens is 394 g/mol. The van der Waals surface area contributed by atoms with Crippen molar-refractivity contribution >= 4 is 17.3 Å². The van der Waals surface area contributed by atoms with Crippen molar-refractivity contribution in [2.45, 2.75) is 39.9 Å². The molecule has 0 saturated heterocycles. The second kappa shape index (κ2) is 11.5. The van der Waals surface area contributed by atoms with Crippen molar-refractivity contribution in [2.24, 2.45) is 4.99 Å². The van der Waals surface area contributed by atoms with E-state index in [4.69, 9.17) is 9.41 Å². The number of nitrogens with zero attached hydrogens (tertiary/aromatic N) is 3. The molecule has 0 aliphatic rings. The third-order valence-corrected chi connectivity index (χ3v) is 5.48. The van der Waals surface area contributed by atoms with E-state index in [2.05, 4.69) is 64.1 Å². The Morgan fingerprint density at radius 2 is 1.97 bits per heavy atom. The lowest BCUT2D eigenvalue weighted by Crippen LogP contribution is -2.38. The van der Waals surface area contributed by atoms with Gasteiger partial charge in [0.25, 0.3) is 0 Å². The first kappa shape index (κ1) is 22.1. The summed E-state index contributed by atoms with van der Waals surface area (Å²) in [6, 6.07) is 12.4. The lowest BCUT2D eigenvalue weighted by atomic mass is 10.1. The van der Waals surface area contributed by atoms with Crippen molar-refractivity contribution in [2.75, 3.05) is 20.1 Å². The molecule has 3 aromatic rings. The van der Waals surface area contributed by atoms with Crippen LogP contribution in [0.15, 0.2) is 57.5 Å². The van der Waals surface area contributed by atoms with E-state index in [-0.39, 0.29) is 0 Å². The SMILES string of the molecule is CCNC(=NCc1ccccc1CN(C)Cc1ccco1)NCCc1csc(C)n1. The van der Waals surface area contributed by atoms with Gasteiger partial charge in [-0.1, -0.05) is 24.3 Å². The van der Waals surface area contributed by atoms with E-state index in [0.717, 1.165) is 55.0 Å². The van der Waals surface area contributed by atoms with Crippen LogP contribution in [0.1, 0.15) is 34.5 Å². The zero-order chi connectivity index (χ0) is 21.2. The predicted molar refractivity (Wildman–Crippen MR) is 124 cm³/mol. The normalized spacial score (nSPS) is 11.8. The second-order valence-corrected chi connectivity index (χ2v) is 8.31. The Hall–Kier alpha value is -2.64. The van der Waals surface area contributed by atoms with Gasteiger partial charge in [0, 0.05) is 31.4 Å². The molecule has 30 heavy (non-hydrogen) atoms. The first-order valence-electron chi connectivity index (χ1n) is 10.3. The number of aromatic nitrogens is 1. The van der Waals surface area contributed by atoms with Crippen molar-refractivity contribution in [3.63, 3.8) is 0 Å². The summed E-state index contributed by atoms with van der Waals surface area (Å²) in [6.45, 7) is 8.02. The number of benzene rings is 1. The average Bonchev–Trinajstić information content (AvgIpc) is 3.38. The Balaban J connectivity index is 1.57. The van der Waals surface area contributed by atoms with Gasteiger partial charge >= 0.3 is 0 Å². The number of hydrogen-bond donors (Lipinski definition) is 2. The van der Waals surface area contributed by atoms with Crippen LogP contribution < -0.4 is 10.6 Å². The van der Waals surface area contributed by atoms with Crippen LogP contribution in [0.25, 0.3) is 0 Å². The monoisotopic (exact) mass is 425 g/mol. The molecule has 1 aromatic carbocycles. The number of guanidine groups is 1. The molecule has 0 unspecified atom stereocenters. The number of rotatable bonds is 10. The summed E-state index contributed by atoms with van der Waals surface area (Å²) in [5.41, 5.74) is 3.64. The molecule has 160 valence electrons. The minimum absolute atomic E-state index is 0.635. The zero-order valence-electron chi connectivity index (χ0n) is 18.0. The van der Waals surface area contributed by atoms with Gasteiger partial charge < -0.3 is 15.1 Å². The Morgan fingerprint density at radius 3 is 2.67 bits per heavy atom. The lowest BCUT2D eigenvalue weighted by Gasteiger charge is -2.17. The molecule has 0 bridgehead atoms. The Bertz CT molecular complexity index is 919. The fourth-order valence-electron chi connectivity index (χ4n) is 3.22. The molecule has 0 aliphatic carbocycles. The van der Waals surface area contributed by atoms with Crippen molar-refractivity contribution < 1.29 is 4.42 Å². The first-order chi connectivity index (χ1) is 14.6. The van der Waals surface area contributed by atoms with Gasteiger partial charge in [-0.15, -0.1) is 11.3 Å². The highest BCUT2D eigenvalue weighted by Crippen LogP contribution is 2.14. The van der Waals surface area contributed by atoms with Crippen LogP contribution in [0.4, 0.5) is 0 Å². The number of aliphatic imine (C=N–C) groups is 1. The summed E-state index contributed by atoms with van der Waals surface area (Å²) < 4.78 is 5.46. The molecule has 3 rings (SSSR count). The zero-order valence-corrected chi connectivity index (χ0v) is 18.8.